The first-order valence-electron chi connectivity index (χ1n) is 4.61. The van der Waals surface area contributed by atoms with Gasteiger partial charge in [-0.3, -0.25) is 0 Å². The molecule has 0 radical (unpaired) electrons. The number of nitrogens with two attached hydrogens (primary N) is 1. The van der Waals surface area contributed by atoms with E-state index in [-0.39, 0.29) is 5.95 Å². The van der Waals surface area contributed by atoms with Gasteiger partial charge in [-0.15, -0.1) is 0 Å². The van der Waals surface area contributed by atoms with Gasteiger partial charge in [-0.25, -0.2) is 4.98 Å². The Labute approximate surface area is 88.0 Å². The highest BCUT2D eigenvalue weighted by molar-refractivity contribution is 6.70. The van der Waals surface area contributed by atoms with E-state index in [0.717, 1.165) is 0 Å². The van der Waals surface area contributed by atoms with Crippen LogP contribution in [0.1, 0.15) is 0 Å². The topological polar surface area (TPSA) is 89.7 Å². The number of H-pyrrole nitrogens is 1. The number of aromatic amines is 1. The van der Waals surface area contributed by atoms with Crippen molar-refractivity contribution in [1.82, 2.24) is 19.9 Å². The summed E-state index contributed by atoms with van der Waals surface area (Å²) in [4.78, 5) is 15.0. The highest BCUT2D eigenvalue weighted by Gasteiger charge is 2.20. The fraction of sp³-hybridized carbons (Fsp3) is 0.375. The van der Waals surface area contributed by atoms with Crippen molar-refractivity contribution >= 4 is 25.4 Å². The smallest absolute Gasteiger partial charge is 0.244 e. The number of hydrogen-bond donors (Lipinski definition) is 2. The van der Waals surface area contributed by atoms with Crippen molar-refractivity contribution < 1.29 is 4.43 Å². The molecule has 0 fully saturated rings. The molecule has 3 N–H and O–H groups in total. The normalized spacial score (nSPS) is 11.9. The highest BCUT2D eigenvalue weighted by Crippen LogP contribution is 2.22. The van der Waals surface area contributed by atoms with Gasteiger partial charge in [0.1, 0.15) is 5.52 Å². The van der Waals surface area contributed by atoms with E-state index in [1.165, 1.54) is 0 Å². The van der Waals surface area contributed by atoms with Gasteiger partial charge in [-0.05, 0) is 19.6 Å². The van der Waals surface area contributed by atoms with Crippen LogP contribution in [0.15, 0.2) is 6.33 Å². The van der Waals surface area contributed by atoms with Gasteiger partial charge < -0.3 is 15.1 Å². The zero-order valence-corrected chi connectivity index (χ0v) is 9.90. The molecule has 0 atom stereocenters. The van der Waals surface area contributed by atoms with Gasteiger partial charge in [0.15, 0.2) is 5.65 Å². The number of nitrogens with one attached hydrogen (secondary N) is 1. The number of nitrogens with zero attached hydrogens (tertiary/aromatic N) is 3. The fourth-order valence-corrected chi connectivity index (χ4v) is 1.91. The van der Waals surface area contributed by atoms with Gasteiger partial charge in [-0.1, -0.05) is 0 Å². The summed E-state index contributed by atoms with van der Waals surface area (Å²) in [5.74, 6) is 0.678. The van der Waals surface area contributed by atoms with E-state index in [0.29, 0.717) is 17.0 Å². The number of rotatable bonds is 2. The summed E-state index contributed by atoms with van der Waals surface area (Å²) in [6.07, 6.45) is 1.55. The maximum Gasteiger partial charge on any atom is 0.244 e. The monoisotopic (exact) mass is 223 g/mol. The predicted octanol–water partition coefficient (Wildman–Crippen LogP) is 1.15. The van der Waals surface area contributed by atoms with Crippen LogP contribution < -0.4 is 10.2 Å². The van der Waals surface area contributed by atoms with Gasteiger partial charge in [-0.2, -0.15) is 9.97 Å². The van der Waals surface area contributed by atoms with Crippen molar-refractivity contribution in [3.8, 4) is 5.88 Å². The SMILES string of the molecule is C[Si](C)(C)Oc1nc(N)nc2nc[nH]c12. The predicted molar refractivity (Wildman–Crippen MR) is 60.1 cm³/mol. The van der Waals surface area contributed by atoms with Crippen molar-refractivity contribution in [2.45, 2.75) is 19.6 Å². The Hall–Kier alpha value is -1.63. The first-order valence-corrected chi connectivity index (χ1v) is 8.02. The van der Waals surface area contributed by atoms with Crippen molar-refractivity contribution in [3.63, 3.8) is 0 Å². The number of imidazole rings is 1. The molecule has 0 bridgehead atoms. The molecule has 0 saturated heterocycles. The number of fused-ring (bicyclic) bond motifs is 1. The maximum atomic E-state index is 5.79. The molecule has 0 unspecified atom stereocenters. The summed E-state index contributed by atoms with van der Waals surface area (Å²) in [6, 6.07) is 0. The zero-order chi connectivity index (χ0) is 11.1. The molecule has 2 heterocycles. The Morgan fingerprint density at radius 1 is 1.33 bits per heavy atom. The summed E-state index contributed by atoms with van der Waals surface area (Å²) in [5.41, 5.74) is 6.80. The van der Waals surface area contributed by atoms with Crippen LogP contribution in [0.25, 0.3) is 11.2 Å². The van der Waals surface area contributed by atoms with Crippen molar-refractivity contribution in [3.05, 3.63) is 6.33 Å². The lowest BCUT2D eigenvalue weighted by atomic mass is 10.5. The summed E-state index contributed by atoms with van der Waals surface area (Å²) < 4.78 is 5.79. The third-order valence-corrected chi connectivity index (χ3v) is 2.48. The average molecular weight is 223 g/mol. The van der Waals surface area contributed by atoms with Gasteiger partial charge >= 0.3 is 0 Å². The number of anilines is 1. The molecule has 0 saturated carbocycles. The molecule has 2 aromatic heterocycles. The Morgan fingerprint density at radius 3 is 2.73 bits per heavy atom. The molecular formula is C8H13N5OSi. The van der Waals surface area contributed by atoms with Crippen molar-refractivity contribution in [2.75, 3.05) is 5.73 Å². The van der Waals surface area contributed by atoms with E-state index in [2.05, 4.69) is 39.6 Å². The molecule has 2 aromatic rings. The van der Waals surface area contributed by atoms with E-state index < -0.39 is 8.32 Å². The molecule has 6 nitrogen and oxygen atoms in total. The van der Waals surface area contributed by atoms with Crippen molar-refractivity contribution in [1.29, 1.82) is 0 Å². The Bertz CT molecular complexity index is 489. The molecule has 0 spiro atoms. The number of aromatic nitrogens is 4. The number of nitrogen functional groups attached to an aromatic ring is 1. The summed E-state index contributed by atoms with van der Waals surface area (Å²) in [6.45, 7) is 6.23. The maximum absolute atomic E-state index is 5.79. The second kappa shape index (κ2) is 3.19. The third-order valence-electron chi connectivity index (χ3n) is 1.67. The summed E-state index contributed by atoms with van der Waals surface area (Å²) in [7, 11) is -1.71. The quantitative estimate of drug-likeness (QED) is 0.745. The van der Waals surface area contributed by atoms with Gasteiger partial charge in [0.05, 0.1) is 6.33 Å². The van der Waals surface area contributed by atoms with Gasteiger partial charge in [0.25, 0.3) is 0 Å². The van der Waals surface area contributed by atoms with E-state index in [9.17, 15) is 0 Å². The fourth-order valence-electron chi connectivity index (χ4n) is 1.19. The van der Waals surface area contributed by atoms with E-state index in [1.807, 2.05) is 0 Å². The standard InChI is InChI=1S/C8H13N5OSi/c1-15(2,3)14-7-5-6(11-4-10-5)12-8(9)13-7/h4H,1-3H3,(H3,9,10,11,12,13). The molecular weight excluding hydrogens is 210 g/mol. The molecule has 0 aliphatic heterocycles. The molecule has 2 rings (SSSR count). The Morgan fingerprint density at radius 2 is 2.07 bits per heavy atom. The number of hydrogen-bond acceptors (Lipinski definition) is 5. The molecule has 7 heteroatoms. The van der Waals surface area contributed by atoms with E-state index in [4.69, 9.17) is 10.2 Å². The van der Waals surface area contributed by atoms with Crippen LogP contribution in [0.5, 0.6) is 5.88 Å². The molecule has 80 valence electrons. The Balaban J connectivity index is 2.53. The molecule has 0 amide bonds. The average Bonchev–Trinajstić information content (AvgIpc) is 2.48. The van der Waals surface area contributed by atoms with Crippen LogP contribution >= 0.6 is 0 Å². The van der Waals surface area contributed by atoms with Gasteiger partial charge in [0, 0.05) is 0 Å². The second-order valence-corrected chi connectivity index (χ2v) is 8.63. The van der Waals surface area contributed by atoms with E-state index in [1.54, 1.807) is 6.33 Å². The minimum atomic E-state index is -1.71. The van der Waals surface area contributed by atoms with Gasteiger partial charge in [0.2, 0.25) is 20.1 Å². The summed E-state index contributed by atoms with van der Waals surface area (Å²) >= 11 is 0. The second-order valence-electron chi connectivity index (χ2n) is 4.20. The zero-order valence-electron chi connectivity index (χ0n) is 8.90. The third kappa shape index (κ3) is 2.07. The Kier molecular flexibility index (Phi) is 2.11. The van der Waals surface area contributed by atoms with Crippen LogP contribution in [0.2, 0.25) is 19.6 Å². The largest absolute Gasteiger partial charge is 0.530 e. The minimum Gasteiger partial charge on any atom is -0.530 e. The van der Waals surface area contributed by atoms with Crippen LogP contribution in [-0.4, -0.2) is 28.3 Å². The lowest BCUT2D eigenvalue weighted by molar-refractivity contribution is 0.540. The van der Waals surface area contributed by atoms with Crippen LogP contribution in [-0.2, 0) is 0 Å². The molecule has 0 aromatic carbocycles. The summed E-state index contributed by atoms with van der Waals surface area (Å²) in [5, 5.41) is 0. The minimum absolute atomic E-state index is 0.183. The van der Waals surface area contributed by atoms with E-state index >= 15 is 0 Å². The van der Waals surface area contributed by atoms with Crippen LogP contribution in [0, 0.1) is 0 Å². The first-order chi connectivity index (χ1) is 6.96. The molecule has 0 aliphatic rings. The lowest BCUT2D eigenvalue weighted by Gasteiger charge is -2.18. The van der Waals surface area contributed by atoms with Crippen LogP contribution in [0.3, 0.4) is 0 Å². The molecule has 0 aliphatic carbocycles. The first kappa shape index (κ1) is 9.90. The van der Waals surface area contributed by atoms with Crippen LogP contribution in [0.4, 0.5) is 5.95 Å². The highest BCUT2D eigenvalue weighted by atomic mass is 28.4. The lowest BCUT2D eigenvalue weighted by Crippen LogP contribution is -2.30. The molecule has 15 heavy (non-hydrogen) atoms. The van der Waals surface area contributed by atoms with Crippen molar-refractivity contribution in [2.24, 2.45) is 0 Å².